The van der Waals surface area contributed by atoms with Gasteiger partial charge in [-0.15, -0.1) is 0 Å². The second-order valence-corrected chi connectivity index (χ2v) is 4.69. The Morgan fingerprint density at radius 3 is 2.64 bits per heavy atom. The SMILES string of the molecule is OC1CCNCC1CC1CC(F)(F)C1. The van der Waals surface area contributed by atoms with Gasteiger partial charge in [-0.3, -0.25) is 0 Å². The molecule has 2 aliphatic rings. The summed E-state index contributed by atoms with van der Waals surface area (Å²) in [4.78, 5) is 0. The predicted molar refractivity (Wildman–Crippen MR) is 49.3 cm³/mol. The quantitative estimate of drug-likeness (QED) is 0.714. The Bertz CT molecular complexity index is 202. The van der Waals surface area contributed by atoms with Crippen molar-refractivity contribution >= 4 is 0 Å². The molecule has 0 aromatic rings. The van der Waals surface area contributed by atoms with Crippen LogP contribution < -0.4 is 5.32 Å². The molecule has 82 valence electrons. The van der Waals surface area contributed by atoms with Crippen molar-refractivity contribution in [1.82, 2.24) is 5.32 Å². The molecule has 14 heavy (non-hydrogen) atoms. The normalized spacial score (nSPS) is 37.9. The van der Waals surface area contributed by atoms with Crippen molar-refractivity contribution < 1.29 is 13.9 Å². The second kappa shape index (κ2) is 3.74. The van der Waals surface area contributed by atoms with Gasteiger partial charge in [0.1, 0.15) is 0 Å². The molecule has 1 saturated carbocycles. The van der Waals surface area contributed by atoms with Crippen LogP contribution in [-0.2, 0) is 0 Å². The molecule has 1 heterocycles. The average molecular weight is 205 g/mol. The van der Waals surface area contributed by atoms with Crippen LogP contribution in [0.15, 0.2) is 0 Å². The Morgan fingerprint density at radius 2 is 2.07 bits per heavy atom. The van der Waals surface area contributed by atoms with Gasteiger partial charge in [0.15, 0.2) is 0 Å². The number of alkyl halides is 2. The van der Waals surface area contributed by atoms with E-state index in [0.717, 1.165) is 25.9 Å². The average Bonchev–Trinajstić information content (AvgIpc) is 2.05. The zero-order valence-electron chi connectivity index (χ0n) is 8.18. The van der Waals surface area contributed by atoms with E-state index in [1.54, 1.807) is 0 Å². The summed E-state index contributed by atoms with van der Waals surface area (Å²) in [6, 6.07) is 0. The number of halogens is 2. The fourth-order valence-corrected chi connectivity index (χ4v) is 2.53. The molecule has 0 spiro atoms. The van der Waals surface area contributed by atoms with E-state index in [0.29, 0.717) is 0 Å². The Balaban J connectivity index is 1.75. The number of nitrogens with one attached hydrogen (secondary N) is 1. The van der Waals surface area contributed by atoms with Crippen LogP contribution in [-0.4, -0.2) is 30.2 Å². The van der Waals surface area contributed by atoms with Gasteiger partial charge in [0, 0.05) is 19.4 Å². The summed E-state index contributed by atoms with van der Waals surface area (Å²) < 4.78 is 25.1. The van der Waals surface area contributed by atoms with Gasteiger partial charge in [-0.25, -0.2) is 8.78 Å². The largest absolute Gasteiger partial charge is 0.393 e. The minimum atomic E-state index is -2.42. The van der Waals surface area contributed by atoms with Crippen molar-refractivity contribution in [2.45, 2.75) is 37.7 Å². The highest BCUT2D eigenvalue weighted by Crippen LogP contribution is 2.45. The Hall–Kier alpha value is -0.220. The number of hydrogen-bond acceptors (Lipinski definition) is 2. The van der Waals surface area contributed by atoms with Gasteiger partial charge in [0.2, 0.25) is 5.92 Å². The number of rotatable bonds is 2. The minimum absolute atomic E-state index is 0.0240. The third kappa shape index (κ3) is 2.23. The topological polar surface area (TPSA) is 32.3 Å². The van der Waals surface area contributed by atoms with E-state index < -0.39 is 5.92 Å². The van der Waals surface area contributed by atoms with E-state index in [9.17, 15) is 13.9 Å². The maximum absolute atomic E-state index is 12.6. The maximum Gasteiger partial charge on any atom is 0.248 e. The molecule has 0 amide bonds. The summed E-state index contributed by atoms with van der Waals surface area (Å²) in [6.45, 7) is 1.63. The third-order valence-electron chi connectivity index (χ3n) is 3.38. The van der Waals surface area contributed by atoms with Gasteiger partial charge in [-0.2, -0.15) is 0 Å². The number of aliphatic hydroxyl groups excluding tert-OH is 1. The number of piperidine rings is 1. The molecule has 2 rings (SSSR count). The second-order valence-electron chi connectivity index (χ2n) is 4.69. The maximum atomic E-state index is 12.6. The predicted octanol–water partition coefficient (Wildman–Crippen LogP) is 1.39. The first-order chi connectivity index (χ1) is 6.57. The lowest BCUT2D eigenvalue weighted by Crippen LogP contribution is -2.44. The van der Waals surface area contributed by atoms with Gasteiger partial charge in [-0.1, -0.05) is 0 Å². The third-order valence-corrected chi connectivity index (χ3v) is 3.38. The molecule has 2 unspecified atom stereocenters. The lowest BCUT2D eigenvalue weighted by molar-refractivity contribution is -0.119. The van der Waals surface area contributed by atoms with Gasteiger partial charge >= 0.3 is 0 Å². The van der Waals surface area contributed by atoms with Crippen LogP contribution in [0.25, 0.3) is 0 Å². The summed E-state index contributed by atoms with van der Waals surface area (Å²) in [5.74, 6) is -2.10. The lowest BCUT2D eigenvalue weighted by atomic mass is 9.74. The molecular weight excluding hydrogens is 188 g/mol. The molecule has 0 aromatic heterocycles. The van der Waals surface area contributed by atoms with Crippen molar-refractivity contribution in [3.63, 3.8) is 0 Å². The van der Waals surface area contributed by atoms with Crippen LogP contribution >= 0.6 is 0 Å². The summed E-state index contributed by atoms with van der Waals surface area (Å²) >= 11 is 0. The smallest absolute Gasteiger partial charge is 0.248 e. The van der Waals surface area contributed by atoms with Gasteiger partial charge in [-0.05, 0) is 31.2 Å². The molecule has 0 aromatic carbocycles. The van der Waals surface area contributed by atoms with Gasteiger partial charge in [0.25, 0.3) is 0 Å². The summed E-state index contributed by atoms with van der Waals surface area (Å²) in [7, 11) is 0. The molecule has 2 N–H and O–H groups in total. The fraction of sp³-hybridized carbons (Fsp3) is 1.00. The number of hydrogen-bond donors (Lipinski definition) is 2. The zero-order chi connectivity index (χ0) is 10.2. The first-order valence-corrected chi connectivity index (χ1v) is 5.33. The van der Waals surface area contributed by atoms with Crippen LogP contribution in [0.4, 0.5) is 8.78 Å². The Labute approximate surface area is 82.7 Å². The molecule has 2 fully saturated rings. The minimum Gasteiger partial charge on any atom is -0.393 e. The van der Waals surface area contributed by atoms with Crippen molar-refractivity contribution in [2.75, 3.05) is 13.1 Å². The summed E-state index contributed by atoms with van der Waals surface area (Å²) in [5.41, 5.74) is 0. The molecule has 2 nitrogen and oxygen atoms in total. The van der Waals surface area contributed by atoms with Crippen molar-refractivity contribution in [1.29, 1.82) is 0 Å². The Morgan fingerprint density at radius 1 is 1.36 bits per heavy atom. The zero-order valence-corrected chi connectivity index (χ0v) is 8.18. The standard InChI is InChI=1S/C10H17F2NO/c11-10(12)4-7(5-10)3-8-6-13-2-1-9(8)14/h7-9,13-14H,1-6H2. The molecule has 1 saturated heterocycles. The molecular formula is C10H17F2NO. The van der Waals surface area contributed by atoms with Gasteiger partial charge < -0.3 is 10.4 Å². The summed E-state index contributed by atoms with van der Waals surface area (Å²) in [6.07, 6.45) is 1.27. The Kier molecular flexibility index (Phi) is 2.75. The van der Waals surface area contributed by atoms with E-state index in [1.165, 1.54) is 0 Å². The highest BCUT2D eigenvalue weighted by Gasteiger charge is 2.46. The van der Waals surface area contributed by atoms with Gasteiger partial charge in [0.05, 0.1) is 6.10 Å². The molecule has 1 aliphatic carbocycles. The monoisotopic (exact) mass is 205 g/mol. The molecule has 2 atom stereocenters. The van der Waals surface area contributed by atoms with Crippen LogP contribution in [0, 0.1) is 11.8 Å². The fourth-order valence-electron chi connectivity index (χ4n) is 2.53. The van der Waals surface area contributed by atoms with E-state index >= 15 is 0 Å². The first-order valence-electron chi connectivity index (χ1n) is 5.33. The van der Waals surface area contributed by atoms with E-state index in [4.69, 9.17) is 0 Å². The van der Waals surface area contributed by atoms with Crippen molar-refractivity contribution in [3.8, 4) is 0 Å². The summed E-state index contributed by atoms with van der Waals surface area (Å²) in [5, 5.41) is 12.8. The van der Waals surface area contributed by atoms with Crippen LogP contribution in [0.3, 0.4) is 0 Å². The molecule has 1 aliphatic heterocycles. The highest BCUT2D eigenvalue weighted by atomic mass is 19.3. The molecule has 0 bridgehead atoms. The molecule has 4 heteroatoms. The number of aliphatic hydroxyl groups is 1. The van der Waals surface area contributed by atoms with Crippen LogP contribution in [0.5, 0.6) is 0 Å². The van der Waals surface area contributed by atoms with Crippen molar-refractivity contribution in [3.05, 3.63) is 0 Å². The van der Waals surface area contributed by atoms with E-state index in [-0.39, 0.29) is 30.8 Å². The first kappa shape index (κ1) is 10.3. The van der Waals surface area contributed by atoms with Crippen LogP contribution in [0.2, 0.25) is 0 Å². The molecule has 0 radical (unpaired) electrons. The van der Waals surface area contributed by atoms with E-state index in [2.05, 4.69) is 5.32 Å². The highest BCUT2D eigenvalue weighted by molar-refractivity contribution is 4.89. The van der Waals surface area contributed by atoms with Crippen molar-refractivity contribution in [2.24, 2.45) is 11.8 Å². The van der Waals surface area contributed by atoms with E-state index in [1.807, 2.05) is 0 Å². The lowest BCUT2D eigenvalue weighted by Gasteiger charge is -2.39. The van der Waals surface area contributed by atoms with Crippen LogP contribution in [0.1, 0.15) is 25.7 Å².